The molecule has 8 atom stereocenters. The Morgan fingerprint density at radius 1 is 0.364 bits per heavy atom. The molecule has 12 nitrogen and oxygen atoms in total. The van der Waals surface area contributed by atoms with Crippen molar-refractivity contribution in [1.29, 1.82) is 0 Å². The van der Waals surface area contributed by atoms with Crippen LogP contribution in [0.3, 0.4) is 0 Å². The third-order valence-electron chi connectivity index (χ3n) is 16.3. The lowest BCUT2D eigenvalue weighted by Crippen LogP contribution is -2.63. The molecule has 0 amide bonds. The van der Waals surface area contributed by atoms with Gasteiger partial charge in [0.15, 0.2) is 0 Å². The molecule has 0 aromatic heterocycles. The van der Waals surface area contributed by atoms with E-state index in [4.69, 9.17) is 18.9 Å². The third-order valence-corrected chi connectivity index (χ3v) is 16.3. The second kappa shape index (κ2) is 18.7. The lowest BCUT2D eigenvalue weighted by Gasteiger charge is -2.50. The summed E-state index contributed by atoms with van der Waals surface area (Å²) in [6.07, 6.45) is 2.24. The zero-order valence-electron chi connectivity index (χ0n) is 44.7. The van der Waals surface area contributed by atoms with Gasteiger partial charge in [0.05, 0.1) is 22.3 Å². The van der Waals surface area contributed by atoms with Crippen LogP contribution in [0.1, 0.15) is 231 Å². The summed E-state index contributed by atoms with van der Waals surface area (Å²) in [5.41, 5.74) is -3.44. The second-order valence-electron chi connectivity index (χ2n) is 26.0. The molecule has 4 fully saturated rings. The van der Waals surface area contributed by atoms with Crippen LogP contribution in [0.25, 0.3) is 0 Å². The third kappa shape index (κ3) is 12.4. The largest absolute Gasteiger partial charge is 0.459 e. The average molecular weight is 923 g/mol. The summed E-state index contributed by atoms with van der Waals surface area (Å²) in [6.45, 7) is 42.5. The highest BCUT2D eigenvalue weighted by Gasteiger charge is 2.49. The summed E-state index contributed by atoms with van der Waals surface area (Å²) in [4.78, 5) is 59.6. The van der Waals surface area contributed by atoms with Crippen LogP contribution >= 0.6 is 0 Å². The van der Waals surface area contributed by atoms with Gasteiger partial charge in [-0.05, 0) is 119 Å². The number of esters is 4. The normalized spacial score (nSPS) is 33.9. The minimum Gasteiger partial charge on any atom is -0.459 e. The van der Waals surface area contributed by atoms with Crippen LogP contribution in [-0.4, -0.2) is 92.6 Å². The number of ether oxygens (including phenoxy) is 4. The van der Waals surface area contributed by atoms with Crippen LogP contribution in [0.5, 0.6) is 0 Å². The van der Waals surface area contributed by atoms with Gasteiger partial charge in [-0.15, -0.1) is 0 Å². The van der Waals surface area contributed by atoms with Gasteiger partial charge >= 0.3 is 23.9 Å². The van der Waals surface area contributed by atoms with E-state index in [1.165, 1.54) is 12.1 Å². The monoisotopic (exact) mass is 923 g/mol. The van der Waals surface area contributed by atoms with Gasteiger partial charge in [0, 0.05) is 95.7 Å². The Hall–Kier alpha value is -3.06. The highest BCUT2D eigenvalue weighted by molar-refractivity contribution is 6.10. The van der Waals surface area contributed by atoms with Crippen molar-refractivity contribution in [1.82, 2.24) is 21.3 Å². The van der Waals surface area contributed by atoms with Gasteiger partial charge in [-0.3, -0.25) is 0 Å². The van der Waals surface area contributed by atoms with Gasteiger partial charge in [0.2, 0.25) is 0 Å². The zero-order valence-corrected chi connectivity index (χ0v) is 44.7. The topological polar surface area (TPSA) is 153 Å². The Bertz CT molecular complexity index is 1710. The SMILES string of the molecule is CC(C)C1(C)CC(OC(=O)c2cc(C(=O)OC3CC(C)(C)NC(C)(C(C)C)C3)c(C(=O)OC3CC(C)(C)NC(C)(C(C)C)C3)cc2C(=O)OC2CC(C)(C)NC(C)(C(C)C)C2)CC(C)(C)N1. The number of rotatable bonds is 12. The molecule has 0 aliphatic carbocycles. The molecule has 1 aromatic carbocycles. The van der Waals surface area contributed by atoms with Crippen molar-refractivity contribution in [2.24, 2.45) is 23.7 Å². The number of hydrogen-bond acceptors (Lipinski definition) is 12. The Morgan fingerprint density at radius 2 is 0.530 bits per heavy atom. The van der Waals surface area contributed by atoms with E-state index < -0.39 is 48.3 Å². The summed E-state index contributed by atoms with van der Waals surface area (Å²) in [5.74, 6) is -2.19. The van der Waals surface area contributed by atoms with E-state index in [-0.39, 0.29) is 90.2 Å². The molecule has 374 valence electrons. The fourth-order valence-electron chi connectivity index (χ4n) is 11.9. The first-order valence-electron chi connectivity index (χ1n) is 25.1. The molecule has 4 aliphatic heterocycles. The minimum atomic E-state index is -0.773. The van der Waals surface area contributed by atoms with Crippen molar-refractivity contribution in [2.45, 2.75) is 259 Å². The molecule has 12 heteroatoms. The number of piperidine rings is 4. The van der Waals surface area contributed by atoms with Crippen molar-refractivity contribution in [3.8, 4) is 0 Å². The van der Waals surface area contributed by atoms with Crippen LogP contribution in [0.4, 0.5) is 0 Å². The number of carbonyl (C=O) groups excluding carboxylic acids is 4. The van der Waals surface area contributed by atoms with Gasteiger partial charge in [-0.25, -0.2) is 19.2 Å². The molecule has 4 N–H and O–H groups in total. The molecule has 4 heterocycles. The van der Waals surface area contributed by atoms with Gasteiger partial charge in [0.25, 0.3) is 0 Å². The molecule has 0 bridgehead atoms. The maximum atomic E-state index is 14.9. The van der Waals surface area contributed by atoms with Gasteiger partial charge in [-0.2, -0.15) is 0 Å². The van der Waals surface area contributed by atoms with E-state index in [0.29, 0.717) is 51.4 Å². The summed E-state index contributed by atoms with van der Waals surface area (Å²) < 4.78 is 25.7. The summed E-state index contributed by atoms with van der Waals surface area (Å²) >= 11 is 0. The van der Waals surface area contributed by atoms with Crippen molar-refractivity contribution in [3.05, 3.63) is 34.4 Å². The number of benzene rings is 1. The van der Waals surface area contributed by atoms with Crippen molar-refractivity contribution < 1.29 is 38.1 Å². The van der Waals surface area contributed by atoms with Crippen molar-refractivity contribution in [3.63, 3.8) is 0 Å². The van der Waals surface area contributed by atoms with Crippen LogP contribution in [0, 0.1) is 23.7 Å². The highest BCUT2D eigenvalue weighted by atomic mass is 16.6. The molecule has 0 spiro atoms. The smallest absolute Gasteiger partial charge is 0.339 e. The van der Waals surface area contributed by atoms with E-state index in [9.17, 15) is 19.2 Å². The molecule has 66 heavy (non-hydrogen) atoms. The number of carbonyl (C=O) groups is 4. The average Bonchev–Trinajstić information content (AvgIpc) is 3.10. The molecule has 5 rings (SSSR count). The van der Waals surface area contributed by atoms with E-state index >= 15 is 0 Å². The van der Waals surface area contributed by atoms with E-state index in [1.54, 1.807) is 0 Å². The summed E-state index contributed by atoms with van der Waals surface area (Å²) in [7, 11) is 0. The summed E-state index contributed by atoms with van der Waals surface area (Å²) in [6, 6.07) is 2.66. The maximum absolute atomic E-state index is 14.9. The molecule has 0 saturated carbocycles. The van der Waals surface area contributed by atoms with Gasteiger partial charge in [0.1, 0.15) is 24.4 Å². The van der Waals surface area contributed by atoms with E-state index in [2.05, 4.69) is 160 Å². The molecule has 4 saturated heterocycles. The van der Waals surface area contributed by atoms with Crippen molar-refractivity contribution in [2.75, 3.05) is 0 Å². The Labute approximate surface area is 398 Å². The first-order chi connectivity index (χ1) is 29.9. The predicted octanol–water partition coefficient (Wildman–Crippen LogP) is 10.1. The predicted molar refractivity (Wildman–Crippen MR) is 262 cm³/mol. The Morgan fingerprint density at radius 3 is 0.682 bits per heavy atom. The molecule has 0 radical (unpaired) electrons. The number of nitrogens with one attached hydrogen (secondary N) is 4. The quantitative estimate of drug-likeness (QED) is 0.117. The Balaban J connectivity index is 1.65. The lowest BCUT2D eigenvalue weighted by atomic mass is 9.74. The fraction of sp³-hybridized carbons (Fsp3) is 0.815. The van der Waals surface area contributed by atoms with Crippen LogP contribution in [0.15, 0.2) is 12.1 Å². The standard InChI is InChI=1S/C54H90N4O8/c1-31(2)51(17)27-35(23-47(9,10)55-51)63-43(59)39-21-41(45(61)65-37-25-49(13,14)57-53(19,29-37)33(5)6)42(46(62)66-38-26-50(15,16)58-54(20,30-38)34(7)8)22-40(39)44(60)64-36-24-48(11,12)56-52(18,28-36)32(3)4/h21-22,31-38,55-58H,23-30H2,1-20H3. The minimum absolute atomic E-state index is 0.154. The molecule has 4 aliphatic rings. The van der Waals surface area contributed by atoms with Crippen LogP contribution in [0.2, 0.25) is 0 Å². The molecule has 1 aromatic rings. The second-order valence-corrected chi connectivity index (χ2v) is 26.0. The Kier molecular flexibility index (Phi) is 15.3. The van der Waals surface area contributed by atoms with Gasteiger partial charge < -0.3 is 40.2 Å². The molecular weight excluding hydrogens is 833 g/mol. The zero-order chi connectivity index (χ0) is 50.0. The first kappa shape index (κ1) is 53.9. The van der Waals surface area contributed by atoms with E-state index in [1.807, 2.05) is 0 Å². The van der Waals surface area contributed by atoms with Crippen molar-refractivity contribution >= 4 is 23.9 Å². The molecule has 8 unspecified atom stereocenters. The first-order valence-corrected chi connectivity index (χ1v) is 25.1. The fourth-order valence-corrected chi connectivity index (χ4v) is 11.9. The molecular formula is C54H90N4O8. The highest BCUT2D eigenvalue weighted by Crippen LogP contribution is 2.40. The van der Waals surface area contributed by atoms with Gasteiger partial charge in [-0.1, -0.05) is 55.4 Å². The summed E-state index contributed by atoms with van der Waals surface area (Å²) in [5, 5.41) is 15.1. The number of hydrogen-bond donors (Lipinski definition) is 4. The lowest BCUT2D eigenvalue weighted by molar-refractivity contribution is -0.0231. The maximum Gasteiger partial charge on any atom is 0.339 e. The van der Waals surface area contributed by atoms with Crippen LogP contribution < -0.4 is 21.3 Å². The van der Waals surface area contributed by atoms with Crippen LogP contribution in [-0.2, 0) is 18.9 Å². The van der Waals surface area contributed by atoms with E-state index in [0.717, 1.165) is 0 Å².